The first-order chi connectivity index (χ1) is 9.04. The highest BCUT2D eigenvalue weighted by atomic mass is 16.3. The van der Waals surface area contributed by atoms with Crippen LogP contribution in [0.25, 0.3) is 0 Å². The van der Waals surface area contributed by atoms with E-state index in [2.05, 4.69) is 0 Å². The van der Waals surface area contributed by atoms with Crippen molar-refractivity contribution in [3.63, 3.8) is 0 Å². The number of amides is 2. The lowest BCUT2D eigenvalue weighted by Crippen LogP contribution is -2.52. The number of carbonyl (C=O) groups excluding carboxylic acids is 2. The van der Waals surface area contributed by atoms with E-state index in [1.165, 1.54) is 7.05 Å². The maximum Gasteiger partial charge on any atom is 0.248 e. The largest absolute Gasteiger partial charge is 0.387 e. The van der Waals surface area contributed by atoms with E-state index in [9.17, 15) is 14.7 Å². The van der Waals surface area contributed by atoms with Crippen LogP contribution in [-0.4, -0.2) is 48.5 Å². The second kappa shape index (κ2) is 5.38. The van der Waals surface area contributed by atoms with Crippen LogP contribution in [0.1, 0.15) is 11.7 Å². The highest BCUT2D eigenvalue weighted by molar-refractivity contribution is 6.02. The number of para-hydroxylation sites is 1. The number of piperazine rings is 1. The van der Waals surface area contributed by atoms with E-state index in [4.69, 9.17) is 5.73 Å². The lowest BCUT2D eigenvalue weighted by atomic mass is 10.1. The van der Waals surface area contributed by atoms with Gasteiger partial charge in [0.15, 0.2) is 0 Å². The number of benzene rings is 1. The smallest absolute Gasteiger partial charge is 0.248 e. The van der Waals surface area contributed by atoms with Gasteiger partial charge in [-0.25, -0.2) is 0 Å². The van der Waals surface area contributed by atoms with Crippen LogP contribution in [0, 0.1) is 0 Å². The number of aliphatic hydroxyl groups excluding tert-OH is 1. The van der Waals surface area contributed by atoms with Gasteiger partial charge in [-0.15, -0.1) is 0 Å². The molecule has 0 spiro atoms. The molecule has 0 saturated carbocycles. The zero-order valence-corrected chi connectivity index (χ0v) is 10.7. The third-order valence-electron chi connectivity index (χ3n) is 3.26. The molecule has 6 heteroatoms. The fraction of sp³-hybridized carbons (Fsp3) is 0.385. The number of aliphatic hydroxyl groups is 1. The highest BCUT2D eigenvalue weighted by Gasteiger charge is 2.29. The first kappa shape index (κ1) is 13.5. The van der Waals surface area contributed by atoms with E-state index in [0.717, 1.165) is 4.90 Å². The van der Waals surface area contributed by atoms with Gasteiger partial charge < -0.3 is 15.7 Å². The van der Waals surface area contributed by atoms with Crippen molar-refractivity contribution in [3.05, 3.63) is 29.8 Å². The molecule has 1 heterocycles. The molecule has 3 N–H and O–H groups in total. The normalized spacial score (nSPS) is 17.8. The zero-order chi connectivity index (χ0) is 14.0. The molecule has 1 unspecified atom stereocenters. The Labute approximate surface area is 111 Å². The number of likely N-dealkylation sites (N-methyl/N-ethyl adjacent to an activating group) is 1. The molecule has 0 aromatic heterocycles. The quantitative estimate of drug-likeness (QED) is 0.717. The third kappa shape index (κ3) is 2.59. The summed E-state index contributed by atoms with van der Waals surface area (Å²) in [5.74, 6) is -0.512. The molecule has 1 aliphatic heterocycles. The van der Waals surface area contributed by atoms with Crippen LogP contribution in [0.5, 0.6) is 0 Å². The molecule has 1 aliphatic rings. The number of hydrogen-bond donors (Lipinski definition) is 2. The molecule has 0 radical (unpaired) electrons. The van der Waals surface area contributed by atoms with Gasteiger partial charge in [0.1, 0.15) is 0 Å². The molecule has 1 saturated heterocycles. The van der Waals surface area contributed by atoms with Gasteiger partial charge in [-0.3, -0.25) is 14.5 Å². The molecule has 6 nitrogen and oxygen atoms in total. The van der Waals surface area contributed by atoms with Crippen molar-refractivity contribution in [3.8, 4) is 0 Å². The minimum atomic E-state index is -0.805. The van der Waals surface area contributed by atoms with Gasteiger partial charge in [0.25, 0.3) is 0 Å². The molecule has 0 aliphatic carbocycles. The van der Waals surface area contributed by atoms with Gasteiger partial charge in [0, 0.05) is 24.8 Å². The fourth-order valence-electron chi connectivity index (χ4n) is 2.09. The van der Waals surface area contributed by atoms with Crippen LogP contribution in [0.4, 0.5) is 5.69 Å². The second-order valence-corrected chi connectivity index (χ2v) is 4.51. The Hall–Kier alpha value is -1.92. The summed E-state index contributed by atoms with van der Waals surface area (Å²) in [7, 11) is 1.47. The number of nitrogens with zero attached hydrogens (tertiary/aromatic N) is 2. The van der Waals surface area contributed by atoms with E-state index < -0.39 is 6.10 Å². The van der Waals surface area contributed by atoms with Crippen molar-refractivity contribution in [1.82, 2.24) is 4.90 Å². The average molecular weight is 263 g/mol. The van der Waals surface area contributed by atoms with Crippen molar-refractivity contribution in [2.75, 3.05) is 31.6 Å². The summed E-state index contributed by atoms with van der Waals surface area (Å²) in [5, 5.41) is 9.89. The van der Waals surface area contributed by atoms with E-state index in [1.807, 2.05) is 0 Å². The van der Waals surface area contributed by atoms with Crippen molar-refractivity contribution in [2.24, 2.45) is 5.73 Å². The Kier molecular flexibility index (Phi) is 3.82. The average Bonchev–Trinajstić information content (AvgIpc) is 2.43. The van der Waals surface area contributed by atoms with E-state index >= 15 is 0 Å². The summed E-state index contributed by atoms with van der Waals surface area (Å²) in [5.41, 5.74) is 6.78. The van der Waals surface area contributed by atoms with Crippen molar-refractivity contribution < 1.29 is 14.7 Å². The minimum Gasteiger partial charge on any atom is -0.387 e. The number of anilines is 1. The predicted octanol–water partition coefficient (Wildman–Crippen LogP) is -0.516. The Morgan fingerprint density at radius 3 is 2.42 bits per heavy atom. The summed E-state index contributed by atoms with van der Waals surface area (Å²) < 4.78 is 0. The number of carbonyl (C=O) groups is 2. The van der Waals surface area contributed by atoms with Crippen LogP contribution < -0.4 is 10.6 Å². The van der Waals surface area contributed by atoms with Crippen LogP contribution in [0.3, 0.4) is 0 Å². The highest BCUT2D eigenvalue weighted by Crippen LogP contribution is 2.27. The van der Waals surface area contributed by atoms with E-state index in [0.29, 0.717) is 11.3 Å². The SMILES string of the molecule is CN1C(=O)CN(c2ccccc2C(O)CN)CC1=O. The minimum absolute atomic E-state index is 0.0899. The zero-order valence-electron chi connectivity index (χ0n) is 10.7. The molecule has 1 atom stereocenters. The standard InChI is InChI=1S/C13H17N3O3/c1-15-12(18)7-16(8-13(15)19)10-5-3-2-4-9(10)11(17)6-14/h2-5,11,17H,6-8,14H2,1H3. The molecule has 0 bridgehead atoms. The van der Waals surface area contributed by atoms with Crippen molar-refractivity contribution in [1.29, 1.82) is 0 Å². The number of hydrogen-bond acceptors (Lipinski definition) is 5. The molecule has 2 amide bonds. The second-order valence-electron chi connectivity index (χ2n) is 4.51. The van der Waals surface area contributed by atoms with Gasteiger partial charge in [-0.2, -0.15) is 0 Å². The van der Waals surface area contributed by atoms with Crippen molar-refractivity contribution >= 4 is 17.5 Å². The molecule has 102 valence electrons. The molecule has 19 heavy (non-hydrogen) atoms. The molecular formula is C13H17N3O3. The molecule has 1 fully saturated rings. The summed E-state index contributed by atoms with van der Waals surface area (Å²) in [4.78, 5) is 26.2. The maximum absolute atomic E-state index is 11.7. The summed E-state index contributed by atoms with van der Waals surface area (Å²) in [6.45, 7) is 0.333. The van der Waals surface area contributed by atoms with Gasteiger partial charge >= 0.3 is 0 Å². The molecule has 2 rings (SSSR count). The summed E-state index contributed by atoms with van der Waals surface area (Å²) >= 11 is 0. The van der Waals surface area contributed by atoms with Crippen molar-refractivity contribution in [2.45, 2.75) is 6.10 Å². The summed E-state index contributed by atoms with van der Waals surface area (Å²) in [6, 6.07) is 7.12. The third-order valence-corrected chi connectivity index (χ3v) is 3.26. The maximum atomic E-state index is 11.7. The predicted molar refractivity (Wildman–Crippen MR) is 70.4 cm³/mol. The van der Waals surface area contributed by atoms with Gasteiger partial charge in [0.05, 0.1) is 19.2 Å². The van der Waals surface area contributed by atoms with E-state index in [-0.39, 0.29) is 31.4 Å². The molecule has 1 aromatic rings. The monoisotopic (exact) mass is 263 g/mol. The molecule has 1 aromatic carbocycles. The number of rotatable bonds is 3. The van der Waals surface area contributed by atoms with Gasteiger partial charge in [0.2, 0.25) is 11.8 Å². The van der Waals surface area contributed by atoms with Crippen LogP contribution in [0.15, 0.2) is 24.3 Å². The topological polar surface area (TPSA) is 86.9 Å². The van der Waals surface area contributed by atoms with Crippen LogP contribution >= 0.6 is 0 Å². The Morgan fingerprint density at radius 2 is 1.84 bits per heavy atom. The Balaban J connectivity index is 2.32. The van der Waals surface area contributed by atoms with Crippen LogP contribution in [0.2, 0.25) is 0 Å². The van der Waals surface area contributed by atoms with Gasteiger partial charge in [-0.05, 0) is 6.07 Å². The first-order valence-corrected chi connectivity index (χ1v) is 6.06. The molecular weight excluding hydrogens is 246 g/mol. The van der Waals surface area contributed by atoms with Crippen LogP contribution in [-0.2, 0) is 9.59 Å². The number of nitrogens with two attached hydrogens (primary N) is 1. The first-order valence-electron chi connectivity index (χ1n) is 6.06. The van der Waals surface area contributed by atoms with Gasteiger partial charge in [-0.1, -0.05) is 18.2 Å². The number of imide groups is 1. The Bertz CT molecular complexity index is 486. The fourth-order valence-corrected chi connectivity index (χ4v) is 2.09. The lowest BCUT2D eigenvalue weighted by molar-refractivity contribution is -0.143. The van der Waals surface area contributed by atoms with E-state index in [1.54, 1.807) is 29.2 Å². The Morgan fingerprint density at radius 1 is 1.26 bits per heavy atom. The summed E-state index contributed by atoms with van der Waals surface area (Å²) in [6.07, 6.45) is -0.805. The lowest BCUT2D eigenvalue weighted by Gasteiger charge is -2.33.